The van der Waals surface area contributed by atoms with Crippen molar-refractivity contribution in [3.05, 3.63) is 0 Å². The maximum absolute atomic E-state index is 10.5. The average Bonchev–Trinajstić information content (AvgIpc) is 1.86. The van der Waals surface area contributed by atoms with E-state index >= 15 is 0 Å². The zero-order chi connectivity index (χ0) is 10.2. The molecular formula is C7H15NO4. The number of aliphatic carboxylic acids is 1. The molecule has 0 saturated carbocycles. The van der Waals surface area contributed by atoms with E-state index in [-0.39, 0.29) is 0 Å². The molecule has 12 heavy (non-hydrogen) atoms. The molecule has 0 heterocycles. The Morgan fingerprint density at radius 1 is 1.25 bits per heavy atom. The van der Waals surface area contributed by atoms with Crippen molar-refractivity contribution in [3.63, 3.8) is 0 Å². The van der Waals surface area contributed by atoms with Crippen LogP contribution in [0.15, 0.2) is 0 Å². The monoisotopic (exact) mass is 177 g/mol. The van der Waals surface area contributed by atoms with E-state index in [1.54, 1.807) is 0 Å². The molecule has 0 radical (unpaired) electrons. The smallest absolute Gasteiger partial charge is 0.339 e. The Bertz CT molecular complexity index is 186. The van der Waals surface area contributed by atoms with Crippen LogP contribution in [0.25, 0.3) is 0 Å². The Kier molecular flexibility index (Phi) is 2.84. The third-order valence-electron chi connectivity index (χ3n) is 2.21. The van der Waals surface area contributed by atoms with Crippen molar-refractivity contribution in [2.45, 2.75) is 25.2 Å². The minimum atomic E-state index is -2.18. The Morgan fingerprint density at radius 2 is 1.58 bits per heavy atom. The molecule has 0 aliphatic rings. The lowest BCUT2D eigenvalue weighted by Gasteiger charge is -2.39. The Hall–Kier alpha value is -0.650. The second-order valence-corrected chi connectivity index (χ2v) is 3.29. The van der Waals surface area contributed by atoms with Gasteiger partial charge in [0.05, 0.1) is 0 Å². The minimum Gasteiger partial charge on any atom is -0.479 e. The summed E-state index contributed by atoms with van der Waals surface area (Å²) in [6, 6.07) is 0. The summed E-state index contributed by atoms with van der Waals surface area (Å²) in [4.78, 5) is 11.8. The fourth-order valence-corrected chi connectivity index (χ4v) is 0.638. The summed E-state index contributed by atoms with van der Waals surface area (Å²) < 4.78 is 0. The highest BCUT2D eigenvalue weighted by Gasteiger charge is 2.49. The first-order chi connectivity index (χ1) is 5.14. The SMILES string of the molecule is CN(C)C(C)(O)C(C)(O)C(=O)O. The Morgan fingerprint density at radius 3 is 1.67 bits per heavy atom. The van der Waals surface area contributed by atoms with Crippen molar-refractivity contribution in [1.82, 2.24) is 4.90 Å². The topological polar surface area (TPSA) is 81.0 Å². The van der Waals surface area contributed by atoms with Crippen molar-refractivity contribution < 1.29 is 20.1 Å². The van der Waals surface area contributed by atoms with Gasteiger partial charge in [-0.05, 0) is 27.9 Å². The summed E-state index contributed by atoms with van der Waals surface area (Å²) >= 11 is 0. The molecule has 0 spiro atoms. The van der Waals surface area contributed by atoms with Crippen LogP contribution < -0.4 is 0 Å². The first kappa shape index (κ1) is 11.4. The highest BCUT2D eigenvalue weighted by molar-refractivity contribution is 5.78. The van der Waals surface area contributed by atoms with Gasteiger partial charge in [0.2, 0.25) is 5.60 Å². The number of carboxylic acid groups (broad SMARTS) is 1. The lowest BCUT2D eigenvalue weighted by atomic mass is 9.93. The van der Waals surface area contributed by atoms with E-state index in [4.69, 9.17) is 5.11 Å². The van der Waals surface area contributed by atoms with E-state index in [0.29, 0.717) is 0 Å². The van der Waals surface area contributed by atoms with E-state index in [1.807, 2.05) is 0 Å². The van der Waals surface area contributed by atoms with Crippen molar-refractivity contribution in [1.29, 1.82) is 0 Å². The van der Waals surface area contributed by atoms with Crippen LogP contribution in [0.1, 0.15) is 13.8 Å². The van der Waals surface area contributed by atoms with Gasteiger partial charge < -0.3 is 15.3 Å². The lowest BCUT2D eigenvalue weighted by Crippen LogP contribution is -2.62. The average molecular weight is 177 g/mol. The van der Waals surface area contributed by atoms with Crippen molar-refractivity contribution in [2.75, 3.05) is 14.1 Å². The summed E-state index contributed by atoms with van der Waals surface area (Å²) in [5.41, 5.74) is -3.98. The summed E-state index contributed by atoms with van der Waals surface area (Å²) in [6.45, 7) is 2.29. The van der Waals surface area contributed by atoms with E-state index in [1.165, 1.54) is 25.9 Å². The molecule has 5 nitrogen and oxygen atoms in total. The van der Waals surface area contributed by atoms with Gasteiger partial charge in [-0.1, -0.05) is 0 Å². The van der Waals surface area contributed by atoms with Crippen LogP contribution in [0.3, 0.4) is 0 Å². The van der Waals surface area contributed by atoms with Crippen LogP contribution in [-0.2, 0) is 4.79 Å². The maximum Gasteiger partial charge on any atom is 0.339 e. The highest BCUT2D eigenvalue weighted by Crippen LogP contribution is 2.23. The summed E-state index contributed by atoms with van der Waals surface area (Å²) in [7, 11) is 2.97. The van der Waals surface area contributed by atoms with Crippen molar-refractivity contribution in [2.24, 2.45) is 0 Å². The largest absolute Gasteiger partial charge is 0.479 e. The fourth-order valence-electron chi connectivity index (χ4n) is 0.638. The quantitative estimate of drug-likeness (QED) is 0.486. The molecule has 0 aromatic carbocycles. The van der Waals surface area contributed by atoms with Crippen LogP contribution in [0.4, 0.5) is 0 Å². The van der Waals surface area contributed by atoms with Gasteiger partial charge in [0, 0.05) is 0 Å². The number of likely N-dealkylation sites (N-methyl/N-ethyl adjacent to an activating group) is 1. The zero-order valence-corrected chi connectivity index (χ0v) is 7.70. The zero-order valence-electron chi connectivity index (χ0n) is 7.70. The van der Waals surface area contributed by atoms with Crippen LogP contribution in [0.2, 0.25) is 0 Å². The molecule has 0 bridgehead atoms. The lowest BCUT2D eigenvalue weighted by molar-refractivity contribution is -0.217. The van der Waals surface area contributed by atoms with Crippen LogP contribution in [0, 0.1) is 0 Å². The third-order valence-corrected chi connectivity index (χ3v) is 2.21. The second kappa shape index (κ2) is 3.01. The highest BCUT2D eigenvalue weighted by atomic mass is 16.4. The summed E-state index contributed by atoms with van der Waals surface area (Å²) in [5.74, 6) is -1.46. The molecule has 5 heteroatoms. The molecule has 0 aromatic rings. The first-order valence-electron chi connectivity index (χ1n) is 3.49. The molecule has 0 aromatic heterocycles. The van der Waals surface area contributed by atoms with E-state index in [9.17, 15) is 15.0 Å². The first-order valence-corrected chi connectivity index (χ1v) is 3.49. The number of rotatable bonds is 3. The summed E-state index contributed by atoms with van der Waals surface area (Å²) in [5, 5.41) is 27.6. The number of aliphatic hydroxyl groups is 2. The van der Waals surface area contributed by atoms with E-state index in [2.05, 4.69) is 0 Å². The molecule has 72 valence electrons. The van der Waals surface area contributed by atoms with Gasteiger partial charge in [-0.15, -0.1) is 0 Å². The number of hydrogen-bond acceptors (Lipinski definition) is 4. The molecule has 0 amide bonds. The molecule has 0 rings (SSSR count). The van der Waals surface area contributed by atoms with Crippen LogP contribution >= 0.6 is 0 Å². The van der Waals surface area contributed by atoms with E-state index in [0.717, 1.165) is 6.92 Å². The number of carboxylic acids is 1. The molecular weight excluding hydrogens is 162 g/mol. The van der Waals surface area contributed by atoms with Gasteiger partial charge >= 0.3 is 5.97 Å². The van der Waals surface area contributed by atoms with Gasteiger partial charge in [-0.25, -0.2) is 4.79 Å². The van der Waals surface area contributed by atoms with Crippen molar-refractivity contribution in [3.8, 4) is 0 Å². The minimum absolute atomic E-state index is 1.05. The molecule has 0 aliphatic carbocycles. The van der Waals surface area contributed by atoms with Crippen LogP contribution in [-0.4, -0.2) is 51.6 Å². The van der Waals surface area contributed by atoms with Gasteiger partial charge in [-0.3, -0.25) is 4.90 Å². The predicted molar refractivity (Wildman–Crippen MR) is 42.6 cm³/mol. The predicted octanol–water partition coefficient (Wildman–Crippen LogP) is -0.908. The normalized spacial score (nSPS) is 21.6. The van der Waals surface area contributed by atoms with Gasteiger partial charge in [0.1, 0.15) is 0 Å². The number of hydrogen-bond donors (Lipinski definition) is 3. The van der Waals surface area contributed by atoms with Crippen LogP contribution in [0.5, 0.6) is 0 Å². The molecule has 2 atom stereocenters. The van der Waals surface area contributed by atoms with Gasteiger partial charge in [-0.2, -0.15) is 0 Å². The standard InChI is InChI=1S/C7H15NO4/c1-6(11,5(9)10)7(2,12)8(3)4/h11-12H,1-4H3,(H,9,10). The number of nitrogens with zero attached hydrogens (tertiary/aromatic N) is 1. The fraction of sp³-hybridized carbons (Fsp3) is 0.857. The molecule has 0 fully saturated rings. The third kappa shape index (κ3) is 1.57. The molecule has 2 unspecified atom stereocenters. The van der Waals surface area contributed by atoms with E-state index < -0.39 is 17.3 Å². The maximum atomic E-state index is 10.5. The molecule has 0 aliphatic heterocycles. The Balaban J connectivity index is 4.88. The van der Waals surface area contributed by atoms with Gasteiger partial charge in [0.15, 0.2) is 5.72 Å². The molecule has 0 saturated heterocycles. The number of carbonyl (C=O) groups is 1. The Labute approximate surface area is 71.2 Å². The van der Waals surface area contributed by atoms with Gasteiger partial charge in [0.25, 0.3) is 0 Å². The molecule has 3 N–H and O–H groups in total. The van der Waals surface area contributed by atoms with Crippen molar-refractivity contribution >= 4 is 5.97 Å². The second-order valence-electron chi connectivity index (χ2n) is 3.29. The summed E-state index contributed by atoms with van der Waals surface area (Å²) in [6.07, 6.45) is 0.